The zero-order valence-electron chi connectivity index (χ0n) is 10.3. The van der Waals surface area contributed by atoms with Crippen molar-refractivity contribution in [2.45, 2.75) is 20.4 Å². The maximum Gasteiger partial charge on any atom is 0.0645 e. The predicted octanol–water partition coefficient (Wildman–Crippen LogP) is 3.97. The van der Waals surface area contributed by atoms with Gasteiger partial charge in [-0.2, -0.15) is 0 Å². The van der Waals surface area contributed by atoms with Crippen molar-refractivity contribution in [1.29, 1.82) is 0 Å². The zero-order chi connectivity index (χ0) is 12.3. The van der Waals surface area contributed by atoms with E-state index in [1.165, 1.54) is 10.9 Å². The predicted molar refractivity (Wildman–Crippen MR) is 72.6 cm³/mol. The molecule has 0 saturated heterocycles. The molecule has 2 rings (SSSR count). The third-order valence-electron chi connectivity index (χ3n) is 2.66. The molecule has 0 bridgehead atoms. The highest BCUT2D eigenvalue weighted by Gasteiger charge is 2.01. The molecular weight excluding hydrogens is 234 g/mol. The number of nitrogens with zero attached hydrogens (tertiary/aromatic N) is 1. The zero-order valence-corrected chi connectivity index (χ0v) is 11.1. The Morgan fingerprint density at radius 3 is 2.88 bits per heavy atom. The molecule has 0 spiro atoms. The molecule has 0 fully saturated rings. The molecular formula is C14H18ClNO. The van der Waals surface area contributed by atoms with E-state index in [-0.39, 0.29) is 0 Å². The SMILES string of the molecule is CC(C)COCCn1ccc2cc(Cl)ccc21. The highest BCUT2D eigenvalue weighted by molar-refractivity contribution is 6.31. The molecule has 0 aliphatic rings. The molecule has 92 valence electrons. The Hall–Kier alpha value is -0.990. The van der Waals surface area contributed by atoms with Crippen molar-refractivity contribution >= 4 is 22.5 Å². The van der Waals surface area contributed by atoms with Gasteiger partial charge in [0.1, 0.15) is 0 Å². The second-order valence-electron chi connectivity index (χ2n) is 4.68. The van der Waals surface area contributed by atoms with Crippen LogP contribution in [0.5, 0.6) is 0 Å². The molecule has 0 unspecified atom stereocenters. The fraction of sp³-hybridized carbons (Fsp3) is 0.429. The van der Waals surface area contributed by atoms with E-state index in [0.717, 1.165) is 24.8 Å². The van der Waals surface area contributed by atoms with E-state index in [4.69, 9.17) is 16.3 Å². The van der Waals surface area contributed by atoms with Crippen LogP contribution < -0.4 is 0 Å². The average molecular weight is 252 g/mol. The summed E-state index contributed by atoms with van der Waals surface area (Å²) in [5.74, 6) is 0.593. The molecule has 2 aromatic rings. The summed E-state index contributed by atoms with van der Waals surface area (Å²) in [6, 6.07) is 8.06. The molecule has 0 radical (unpaired) electrons. The number of ether oxygens (including phenoxy) is 1. The highest BCUT2D eigenvalue weighted by atomic mass is 35.5. The lowest BCUT2D eigenvalue weighted by Gasteiger charge is -2.08. The quantitative estimate of drug-likeness (QED) is 0.734. The van der Waals surface area contributed by atoms with Crippen molar-refractivity contribution in [2.24, 2.45) is 5.92 Å². The van der Waals surface area contributed by atoms with Gasteiger partial charge in [0, 0.05) is 35.3 Å². The minimum Gasteiger partial charge on any atom is -0.379 e. The van der Waals surface area contributed by atoms with Crippen LogP contribution in [0.1, 0.15) is 13.8 Å². The maximum absolute atomic E-state index is 5.96. The van der Waals surface area contributed by atoms with Crippen molar-refractivity contribution in [2.75, 3.05) is 13.2 Å². The minimum atomic E-state index is 0.593. The van der Waals surface area contributed by atoms with Crippen LogP contribution >= 0.6 is 11.6 Å². The summed E-state index contributed by atoms with van der Waals surface area (Å²) < 4.78 is 7.79. The summed E-state index contributed by atoms with van der Waals surface area (Å²) in [7, 11) is 0. The lowest BCUT2D eigenvalue weighted by atomic mass is 10.2. The van der Waals surface area contributed by atoms with E-state index in [0.29, 0.717) is 5.92 Å². The number of rotatable bonds is 5. The molecule has 0 aliphatic heterocycles. The largest absolute Gasteiger partial charge is 0.379 e. The first-order valence-electron chi connectivity index (χ1n) is 5.99. The molecule has 0 amide bonds. The number of aromatic nitrogens is 1. The van der Waals surface area contributed by atoms with Gasteiger partial charge >= 0.3 is 0 Å². The van der Waals surface area contributed by atoms with Crippen LogP contribution in [0.25, 0.3) is 10.9 Å². The average Bonchev–Trinajstić information content (AvgIpc) is 2.66. The summed E-state index contributed by atoms with van der Waals surface area (Å²) >= 11 is 5.96. The van der Waals surface area contributed by atoms with Crippen LogP contribution in [-0.4, -0.2) is 17.8 Å². The number of benzene rings is 1. The van der Waals surface area contributed by atoms with Gasteiger partial charge in [0.05, 0.1) is 6.61 Å². The van der Waals surface area contributed by atoms with Gasteiger partial charge in [-0.1, -0.05) is 25.4 Å². The van der Waals surface area contributed by atoms with Crippen molar-refractivity contribution in [3.05, 3.63) is 35.5 Å². The Labute approximate surface area is 107 Å². The Morgan fingerprint density at radius 2 is 2.12 bits per heavy atom. The maximum atomic E-state index is 5.96. The van der Waals surface area contributed by atoms with Gasteiger partial charge in [-0.3, -0.25) is 0 Å². The van der Waals surface area contributed by atoms with Crippen molar-refractivity contribution in [1.82, 2.24) is 4.57 Å². The number of hydrogen-bond acceptors (Lipinski definition) is 1. The van der Waals surface area contributed by atoms with Crippen LogP contribution in [0, 0.1) is 5.92 Å². The highest BCUT2D eigenvalue weighted by Crippen LogP contribution is 2.20. The van der Waals surface area contributed by atoms with Crippen LogP contribution in [0.3, 0.4) is 0 Å². The number of fused-ring (bicyclic) bond motifs is 1. The molecule has 1 aromatic carbocycles. The van der Waals surface area contributed by atoms with Crippen LogP contribution in [0.2, 0.25) is 5.02 Å². The van der Waals surface area contributed by atoms with Crippen molar-refractivity contribution in [3.63, 3.8) is 0 Å². The van der Waals surface area contributed by atoms with E-state index in [1.807, 2.05) is 12.1 Å². The van der Waals surface area contributed by atoms with Gasteiger partial charge in [0.2, 0.25) is 0 Å². The first-order valence-corrected chi connectivity index (χ1v) is 6.37. The van der Waals surface area contributed by atoms with Gasteiger partial charge in [-0.15, -0.1) is 0 Å². The van der Waals surface area contributed by atoms with Crippen LogP contribution in [0.4, 0.5) is 0 Å². The molecule has 3 heteroatoms. The first-order chi connectivity index (χ1) is 8.16. The normalized spacial score (nSPS) is 11.5. The summed E-state index contributed by atoms with van der Waals surface area (Å²) in [6.45, 7) is 6.79. The smallest absolute Gasteiger partial charge is 0.0645 e. The third-order valence-corrected chi connectivity index (χ3v) is 2.90. The fourth-order valence-corrected chi connectivity index (χ4v) is 2.03. The van der Waals surface area contributed by atoms with Crippen LogP contribution in [0.15, 0.2) is 30.5 Å². The second-order valence-corrected chi connectivity index (χ2v) is 5.12. The molecule has 1 heterocycles. The molecule has 2 nitrogen and oxygen atoms in total. The first kappa shape index (κ1) is 12.5. The van der Waals surface area contributed by atoms with Gasteiger partial charge in [-0.25, -0.2) is 0 Å². The van der Waals surface area contributed by atoms with Gasteiger partial charge in [0.15, 0.2) is 0 Å². The van der Waals surface area contributed by atoms with Gasteiger partial charge < -0.3 is 9.30 Å². The van der Waals surface area contributed by atoms with E-state index in [2.05, 4.69) is 36.7 Å². The molecule has 0 N–H and O–H groups in total. The van der Waals surface area contributed by atoms with E-state index in [9.17, 15) is 0 Å². The van der Waals surface area contributed by atoms with E-state index < -0.39 is 0 Å². The van der Waals surface area contributed by atoms with Gasteiger partial charge in [-0.05, 0) is 30.2 Å². The Morgan fingerprint density at radius 1 is 1.29 bits per heavy atom. The fourth-order valence-electron chi connectivity index (χ4n) is 1.85. The molecule has 0 saturated carbocycles. The second kappa shape index (κ2) is 5.56. The Bertz CT molecular complexity index is 490. The molecule has 0 atom stereocenters. The summed E-state index contributed by atoms with van der Waals surface area (Å²) in [6.07, 6.45) is 2.08. The van der Waals surface area contributed by atoms with Crippen LogP contribution in [-0.2, 0) is 11.3 Å². The number of hydrogen-bond donors (Lipinski definition) is 0. The van der Waals surface area contributed by atoms with Gasteiger partial charge in [0.25, 0.3) is 0 Å². The van der Waals surface area contributed by atoms with Crippen molar-refractivity contribution < 1.29 is 4.74 Å². The minimum absolute atomic E-state index is 0.593. The van der Waals surface area contributed by atoms with E-state index in [1.54, 1.807) is 0 Å². The summed E-state index contributed by atoms with van der Waals surface area (Å²) in [5, 5.41) is 1.97. The Kier molecular flexibility index (Phi) is 4.08. The van der Waals surface area contributed by atoms with E-state index >= 15 is 0 Å². The number of halogens is 1. The monoisotopic (exact) mass is 251 g/mol. The Balaban J connectivity index is 1.99. The topological polar surface area (TPSA) is 14.2 Å². The summed E-state index contributed by atoms with van der Waals surface area (Å²) in [5.41, 5.74) is 1.21. The lowest BCUT2D eigenvalue weighted by molar-refractivity contribution is 0.104. The molecule has 17 heavy (non-hydrogen) atoms. The van der Waals surface area contributed by atoms with Crippen molar-refractivity contribution in [3.8, 4) is 0 Å². The third kappa shape index (κ3) is 3.24. The standard InChI is InChI=1S/C14H18ClNO/c1-11(2)10-17-8-7-16-6-5-12-9-13(15)3-4-14(12)16/h3-6,9,11H,7-8,10H2,1-2H3. The lowest BCUT2D eigenvalue weighted by Crippen LogP contribution is -2.08. The summed E-state index contributed by atoms with van der Waals surface area (Å²) in [4.78, 5) is 0. The molecule has 0 aliphatic carbocycles. The molecule has 1 aromatic heterocycles.